The Hall–Kier alpha value is -2.75. The van der Waals surface area contributed by atoms with Crippen LogP contribution in [-0.4, -0.2) is 34.4 Å². The number of benzene rings is 1. The number of ether oxygens (including phenoxy) is 1. The molecule has 0 aliphatic carbocycles. The molecule has 3 N–H and O–H groups in total. The average molecular weight is 396 g/mol. The molecule has 2 aromatic rings. The summed E-state index contributed by atoms with van der Waals surface area (Å²) in [5.74, 6) is 0.307. The van der Waals surface area contributed by atoms with Crippen molar-refractivity contribution in [1.82, 2.24) is 20.6 Å². The van der Waals surface area contributed by atoms with Crippen LogP contribution in [-0.2, 0) is 11.2 Å². The highest BCUT2D eigenvalue weighted by Crippen LogP contribution is 2.24. The SMILES string of the molecule is COc1ccc(C=NNC(=O)CCc2n[nH]c(=O)[nH]c2=O)cc1Br. The predicted octanol–water partition coefficient (Wildman–Crippen LogP) is 0.312. The van der Waals surface area contributed by atoms with E-state index in [0.717, 1.165) is 10.0 Å². The summed E-state index contributed by atoms with van der Waals surface area (Å²) in [7, 11) is 1.57. The second-order valence-electron chi connectivity index (χ2n) is 4.64. The van der Waals surface area contributed by atoms with Crippen LogP contribution in [0, 0.1) is 0 Å². The van der Waals surface area contributed by atoms with Crippen molar-refractivity contribution in [1.29, 1.82) is 0 Å². The maximum absolute atomic E-state index is 11.7. The minimum atomic E-state index is -0.691. The zero-order valence-electron chi connectivity index (χ0n) is 12.6. The van der Waals surface area contributed by atoms with Crippen molar-refractivity contribution in [2.24, 2.45) is 5.10 Å². The molecule has 0 atom stereocenters. The maximum Gasteiger partial charge on any atom is 0.342 e. The fourth-order valence-electron chi connectivity index (χ4n) is 1.77. The number of amides is 1. The number of nitrogens with zero attached hydrogens (tertiary/aromatic N) is 2. The molecule has 1 amide bonds. The van der Waals surface area contributed by atoms with Gasteiger partial charge in [-0.25, -0.2) is 15.3 Å². The lowest BCUT2D eigenvalue weighted by Gasteiger charge is -2.03. The lowest BCUT2D eigenvalue weighted by molar-refractivity contribution is -0.121. The second kappa shape index (κ2) is 8.20. The van der Waals surface area contributed by atoms with Crippen LogP contribution in [0.25, 0.3) is 0 Å². The van der Waals surface area contributed by atoms with Crippen LogP contribution >= 0.6 is 15.9 Å². The summed E-state index contributed by atoms with van der Waals surface area (Å²) >= 11 is 3.35. The molecular weight excluding hydrogens is 382 g/mol. The van der Waals surface area contributed by atoms with Crippen molar-refractivity contribution >= 4 is 28.1 Å². The predicted molar refractivity (Wildman–Crippen MR) is 90.2 cm³/mol. The van der Waals surface area contributed by atoms with Gasteiger partial charge in [-0.05, 0) is 39.7 Å². The van der Waals surface area contributed by atoms with E-state index in [1.807, 2.05) is 4.98 Å². The molecule has 10 heteroatoms. The molecule has 0 radical (unpaired) electrons. The number of hydrogen-bond donors (Lipinski definition) is 3. The molecule has 0 aliphatic rings. The molecule has 0 saturated heterocycles. The first kappa shape index (κ1) is 17.6. The number of aryl methyl sites for hydroxylation is 1. The molecule has 0 saturated carbocycles. The number of hydrazone groups is 1. The van der Waals surface area contributed by atoms with Gasteiger partial charge in [0.05, 0.1) is 17.8 Å². The number of carbonyl (C=O) groups excluding carboxylic acids is 1. The molecule has 0 bridgehead atoms. The van der Waals surface area contributed by atoms with Gasteiger partial charge in [0.15, 0.2) is 0 Å². The summed E-state index contributed by atoms with van der Waals surface area (Å²) in [4.78, 5) is 36.0. The molecule has 1 aromatic carbocycles. The van der Waals surface area contributed by atoms with Gasteiger partial charge in [-0.3, -0.25) is 14.6 Å². The van der Waals surface area contributed by atoms with E-state index in [1.54, 1.807) is 25.3 Å². The molecule has 2 rings (SSSR count). The highest BCUT2D eigenvalue weighted by Gasteiger charge is 2.06. The van der Waals surface area contributed by atoms with Crippen molar-refractivity contribution in [2.75, 3.05) is 7.11 Å². The van der Waals surface area contributed by atoms with E-state index in [1.165, 1.54) is 6.21 Å². The Morgan fingerprint density at radius 3 is 2.92 bits per heavy atom. The summed E-state index contributed by atoms with van der Waals surface area (Å²) < 4.78 is 5.88. The molecule has 0 spiro atoms. The number of hydrogen-bond acceptors (Lipinski definition) is 6. The van der Waals surface area contributed by atoms with Gasteiger partial charge in [0.25, 0.3) is 5.56 Å². The standard InChI is InChI=1S/C14H14BrN5O4/c1-24-11-4-2-8(6-9(11)15)7-16-19-12(21)5-3-10-13(22)17-14(23)20-18-10/h2,4,6-7H,3,5H2,1H3,(H,19,21)(H2,17,20,22,23). The third-order valence-corrected chi connectivity index (χ3v) is 3.57. The number of aromatic nitrogens is 3. The molecule has 0 fully saturated rings. The minimum absolute atomic E-state index is 0.00572. The van der Waals surface area contributed by atoms with E-state index in [4.69, 9.17) is 4.74 Å². The van der Waals surface area contributed by atoms with Crippen molar-refractivity contribution in [3.8, 4) is 5.75 Å². The van der Waals surface area contributed by atoms with Gasteiger partial charge in [0.2, 0.25) is 5.91 Å². The highest BCUT2D eigenvalue weighted by molar-refractivity contribution is 9.10. The monoisotopic (exact) mass is 395 g/mol. The second-order valence-corrected chi connectivity index (χ2v) is 5.50. The van der Waals surface area contributed by atoms with Crippen LogP contribution in [0.2, 0.25) is 0 Å². The maximum atomic E-state index is 11.7. The summed E-state index contributed by atoms with van der Waals surface area (Å²) in [5.41, 5.74) is 1.89. The Balaban J connectivity index is 1.87. The summed E-state index contributed by atoms with van der Waals surface area (Å²) in [6, 6.07) is 5.34. The van der Waals surface area contributed by atoms with Crippen molar-refractivity contribution < 1.29 is 9.53 Å². The number of nitrogens with one attached hydrogen (secondary N) is 3. The molecule has 1 heterocycles. The first-order valence-corrected chi connectivity index (χ1v) is 7.62. The number of methoxy groups -OCH3 is 1. The van der Waals surface area contributed by atoms with Crippen molar-refractivity contribution in [2.45, 2.75) is 12.8 Å². The van der Waals surface area contributed by atoms with E-state index in [2.05, 4.69) is 36.7 Å². The third kappa shape index (κ3) is 4.88. The van der Waals surface area contributed by atoms with Crippen LogP contribution in [0.3, 0.4) is 0 Å². The number of rotatable bonds is 6. The summed E-state index contributed by atoms with van der Waals surface area (Å²) in [6.45, 7) is 0. The molecule has 1 aromatic heterocycles. The van der Waals surface area contributed by atoms with Gasteiger partial charge in [-0.1, -0.05) is 0 Å². The van der Waals surface area contributed by atoms with Crippen molar-refractivity contribution in [3.05, 3.63) is 54.8 Å². The molecule has 24 heavy (non-hydrogen) atoms. The lowest BCUT2D eigenvalue weighted by atomic mass is 10.2. The van der Waals surface area contributed by atoms with Gasteiger partial charge in [0, 0.05) is 12.8 Å². The molecule has 126 valence electrons. The number of halogens is 1. The van der Waals surface area contributed by atoms with Crippen LogP contribution in [0.15, 0.2) is 37.4 Å². The zero-order valence-corrected chi connectivity index (χ0v) is 14.2. The molecule has 0 unspecified atom stereocenters. The van der Waals surface area contributed by atoms with Crippen LogP contribution in [0.1, 0.15) is 17.7 Å². The normalized spacial score (nSPS) is 10.8. The summed E-state index contributed by atoms with van der Waals surface area (Å²) in [5, 5.41) is 9.53. The topological polar surface area (TPSA) is 129 Å². The van der Waals surface area contributed by atoms with E-state index >= 15 is 0 Å². The van der Waals surface area contributed by atoms with E-state index < -0.39 is 11.2 Å². The van der Waals surface area contributed by atoms with E-state index in [-0.39, 0.29) is 24.4 Å². The van der Waals surface area contributed by atoms with E-state index in [9.17, 15) is 14.4 Å². The van der Waals surface area contributed by atoms with Gasteiger partial charge in [-0.15, -0.1) is 0 Å². The Kier molecular flexibility index (Phi) is 6.01. The Bertz CT molecular complexity index is 874. The number of aromatic amines is 2. The Labute approximate surface area is 144 Å². The lowest BCUT2D eigenvalue weighted by Crippen LogP contribution is -2.28. The first-order chi connectivity index (χ1) is 11.5. The van der Waals surface area contributed by atoms with Gasteiger partial charge < -0.3 is 4.74 Å². The molecule has 9 nitrogen and oxygen atoms in total. The quantitative estimate of drug-likeness (QED) is 0.478. The fraction of sp³-hybridized carbons (Fsp3) is 0.214. The van der Waals surface area contributed by atoms with Crippen LogP contribution in [0.4, 0.5) is 0 Å². The van der Waals surface area contributed by atoms with Gasteiger partial charge in [0.1, 0.15) is 11.4 Å². The van der Waals surface area contributed by atoms with E-state index in [0.29, 0.717) is 5.75 Å². The highest BCUT2D eigenvalue weighted by atomic mass is 79.9. The minimum Gasteiger partial charge on any atom is -0.496 e. The molecular formula is C14H14BrN5O4. The van der Waals surface area contributed by atoms with Gasteiger partial charge >= 0.3 is 5.69 Å². The number of carbonyl (C=O) groups is 1. The Morgan fingerprint density at radius 2 is 2.25 bits per heavy atom. The van der Waals surface area contributed by atoms with Crippen LogP contribution in [0.5, 0.6) is 5.75 Å². The van der Waals surface area contributed by atoms with Crippen LogP contribution < -0.4 is 21.4 Å². The molecule has 0 aliphatic heterocycles. The van der Waals surface area contributed by atoms with Crippen molar-refractivity contribution in [3.63, 3.8) is 0 Å². The van der Waals surface area contributed by atoms with Gasteiger partial charge in [-0.2, -0.15) is 10.2 Å². The fourth-order valence-corrected chi connectivity index (χ4v) is 2.33. The Morgan fingerprint density at radius 1 is 1.46 bits per heavy atom. The number of H-pyrrole nitrogens is 2. The first-order valence-electron chi connectivity index (χ1n) is 6.83. The summed E-state index contributed by atoms with van der Waals surface area (Å²) in [6.07, 6.45) is 1.57. The average Bonchev–Trinajstić information content (AvgIpc) is 2.54. The third-order valence-electron chi connectivity index (χ3n) is 2.95. The zero-order chi connectivity index (χ0) is 17.5. The largest absolute Gasteiger partial charge is 0.496 e. The smallest absolute Gasteiger partial charge is 0.342 e.